The molecule has 0 saturated heterocycles. The molecule has 1 heterocycles. The van der Waals surface area contributed by atoms with E-state index in [4.69, 9.17) is 15.2 Å². The molecule has 1 aromatic heterocycles. The van der Waals surface area contributed by atoms with Gasteiger partial charge in [-0.25, -0.2) is 0 Å². The lowest BCUT2D eigenvalue weighted by Gasteiger charge is -2.09. The highest BCUT2D eigenvalue weighted by Crippen LogP contribution is 2.21. The summed E-state index contributed by atoms with van der Waals surface area (Å²) in [7, 11) is 0. The Hall–Kier alpha value is -2.37. The Labute approximate surface area is 118 Å². The maximum atomic E-state index is 5.68. The van der Waals surface area contributed by atoms with Gasteiger partial charge in [0.25, 0.3) is 0 Å². The first-order valence-corrected chi connectivity index (χ1v) is 6.50. The number of hydrogen-bond acceptors (Lipinski definition) is 6. The normalized spacial score (nSPS) is 10.6. The molecule has 0 radical (unpaired) electrons. The molecule has 0 unspecified atom stereocenters. The minimum atomic E-state index is -0.0232. The van der Waals surface area contributed by atoms with Gasteiger partial charge in [-0.15, -0.1) is 0 Å². The third-order valence-electron chi connectivity index (χ3n) is 2.40. The summed E-state index contributed by atoms with van der Waals surface area (Å²) in [6.45, 7) is 6.37. The van der Waals surface area contributed by atoms with E-state index in [1.54, 1.807) is 0 Å². The predicted octanol–water partition coefficient (Wildman–Crippen LogP) is 2.31. The van der Waals surface area contributed by atoms with Crippen molar-refractivity contribution in [3.05, 3.63) is 24.3 Å². The molecule has 6 heteroatoms. The van der Waals surface area contributed by atoms with Crippen LogP contribution in [0.3, 0.4) is 0 Å². The summed E-state index contributed by atoms with van der Waals surface area (Å²) in [5.41, 5.74) is 6.51. The fourth-order valence-corrected chi connectivity index (χ4v) is 1.63. The van der Waals surface area contributed by atoms with Crippen LogP contribution >= 0.6 is 0 Å². The van der Waals surface area contributed by atoms with Gasteiger partial charge >= 0.3 is 6.01 Å². The second-order valence-corrected chi connectivity index (χ2v) is 4.42. The molecule has 2 N–H and O–H groups in total. The van der Waals surface area contributed by atoms with Crippen LogP contribution in [-0.2, 0) is 0 Å². The van der Waals surface area contributed by atoms with E-state index >= 15 is 0 Å². The second kappa shape index (κ2) is 6.18. The van der Waals surface area contributed by atoms with E-state index in [0.29, 0.717) is 12.4 Å². The molecule has 0 saturated carbocycles. The summed E-state index contributed by atoms with van der Waals surface area (Å²) in [5.74, 6) is 1.42. The van der Waals surface area contributed by atoms with E-state index in [1.807, 2.05) is 45.0 Å². The van der Waals surface area contributed by atoms with E-state index in [-0.39, 0.29) is 18.1 Å². The summed E-state index contributed by atoms with van der Waals surface area (Å²) in [4.78, 5) is 12.3. The lowest BCUT2D eigenvalue weighted by molar-refractivity contribution is 0.222. The van der Waals surface area contributed by atoms with E-state index < -0.39 is 0 Å². The molecule has 0 fully saturated rings. The van der Waals surface area contributed by atoms with E-state index in [1.165, 1.54) is 0 Å². The lowest BCUT2D eigenvalue weighted by Crippen LogP contribution is -2.11. The number of ether oxygens (including phenoxy) is 2. The van der Waals surface area contributed by atoms with Gasteiger partial charge in [-0.3, -0.25) is 0 Å². The van der Waals surface area contributed by atoms with E-state index in [2.05, 4.69) is 15.0 Å². The Balaban J connectivity index is 2.29. The highest BCUT2D eigenvalue weighted by Gasteiger charge is 2.09. The summed E-state index contributed by atoms with van der Waals surface area (Å²) in [6, 6.07) is 7.71. The Morgan fingerprint density at radius 3 is 2.40 bits per heavy atom. The first-order valence-electron chi connectivity index (χ1n) is 6.50. The van der Waals surface area contributed by atoms with Crippen molar-refractivity contribution >= 4 is 5.95 Å². The van der Waals surface area contributed by atoms with Crippen molar-refractivity contribution in [3.63, 3.8) is 0 Å². The minimum Gasteiger partial charge on any atom is -0.494 e. The molecule has 0 aliphatic heterocycles. The molecular weight excluding hydrogens is 256 g/mol. The summed E-state index contributed by atoms with van der Waals surface area (Å²) in [6.07, 6.45) is -0.0232. The first-order chi connectivity index (χ1) is 9.58. The molecule has 1 aromatic carbocycles. The van der Waals surface area contributed by atoms with Crippen LogP contribution in [-0.4, -0.2) is 27.7 Å². The number of nitrogens with two attached hydrogens (primary N) is 1. The maximum Gasteiger partial charge on any atom is 0.322 e. The number of aromatic nitrogens is 3. The van der Waals surface area contributed by atoms with Crippen LogP contribution in [0.2, 0.25) is 0 Å². The van der Waals surface area contributed by atoms with Crippen LogP contribution in [0, 0.1) is 0 Å². The molecule has 2 aromatic rings. The third kappa shape index (κ3) is 3.57. The quantitative estimate of drug-likeness (QED) is 0.900. The molecule has 0 aliphatic carbocycles. The largest absolute Gasteiger partial charge is 0.494 e. The smallest absolute Gasteiger partial charge is 0.322 e. The zero-order valence-electron chi connectivity index (χ0n) is 11.8. The molecule has 0 spiro atoms. The maximum absolute atomic E-state index is 5.68. The van der Waals surface area contributed by atoms with Gasteiger partial charge < -0.3 is 15.2 Å². The average Bonchev–Trinajstić information content (AvgIpc) is 2.38. The predicted molar refractivity (Wildman–Crippen MR) is 76.6 cm³/mol. The Kier molecular flexibility index (Phi) is 4.34. The third-order valence-corrected chi connectivity index (χ3v) is 2.40. The lowest BCUT2D eigenvalue weighted by atomic mass is 10.2. The molecule has 0 bridgehead atoms. The zero-order chi connectivity index (χ0) is 14.5. The summed E-state index contributed by atoms with van der Waals surface area (Å²) < 4.78 is 10.8. The van der Waals surface area contributed by atoms with Gasteiger partial charge in [0.15, 0.2) is 5.82 Å². The summed E-state index contributed by atoms with van der Waals surface area (Å²) in [5, 5.41) is 0. The number of nitrogen functional groups attached to an aromatic ring is 1. The second-order valence-electron chi connectivity index (χ2n) is 4.42. The average molecular weight is 274 g/mol. The van der Waals surface area contributed by atoms with Crippen molar-refractivity contribution < 1.29 is 9.47 Å². The van der Waals surface area contributed by atoms with Crippen molar-refractivity contribution in [3.8, 4) is 23.1 Å². The molecule has 0 amide bonds. The van der Waals surface area contributed by atoms with Crippen LogP contribution in [0.1, 0.15) is 20.8 Å². The molecular formula is C14H18N4O2. The topological polar surface area (TPSA) is 83.2 Å². The van der Waals surface area contributed by atoms with Gasteiger partial charge in [0.1, 0.15) is 5.75 Å². The highest BCUT2D eigenvalue weighted by molar-refractivity contribution is 5.57. The molecule has 0 atom stereocenters. The van der Waals surface area contributed by atoms with Gasteiger partial charge in [-0.05, 0) is 45.0 Å². The van der Waals surface area contributed by atoms with Crippen LogP contribution in [0.25, 0.3) is 11.4 Å². The van der Waals surface area contributed by atoms with Crippen LogP contribution in [0.5, 0.6) is 11.8 Å². The van der Waals surface area contributed by atoms with Crippen LogP contribution < -0.4 is 15.2 Å². The van der Waals surface area contributed by atoms with Gasteiger partial charge in [0.2, 0.25) is 5.95 Å². The molecule has 106 valence electrons. The molecule has 6 nitrogen and oxygen atoms in total. The van der Waals surface area contributed by atoms with Gasteiger partial charge in [0.05, 0.1) is 12.7 Å². The molecule has 0 aliphatic rings. The highest BCUT2D eigenvalue weighted by atomic mass is 16.5. The Morgan fingerprint density at radius 1 is 1.10 bits per heavy atom. The van der Waals surface area contributed by atoms with Gasteiger partial charge in [-0.2, -0.15) is 15.0 Å². The monoisotopic (exact) mass is 274 g/mol. The van der Waals surface area contributed by atoms with Crippen LogP contribution in [0.4, 0.5) is 5.95 Å². The fourth-order valence-electron chi connectivity index (χ4n) is 1.63. The first kappa shape index (κ1) is 14.0. The van der Waals surface area contributed by atoms with Crippen molar-refractivity contribution in [2.75, 3.05) is 12.3 Å². The minimum absolute atomic E-state index is 0.0232. The van der Waals surface area contributed by atoms with Crippen molar-refractivity contribution in [2.24, 2.45) is 0 Å². The number of nitrogens with zero attached hydrogens (tertiary/aromatic N) is 3. The number of benzene rings is 1. The van der Waals surface area contributed by atoms with Gasteiger partial charge in [-0.1, -0.05) is 0 Å². The number of hydrogen-bond donors (Lipinski definition) is 1. The van der Waals surface area contributed by atoms with Gasteiger partial charge in [0, 0.05) is 5.56 Å². The summed E-state index contributed by atoms with van der Waals surface area (Å²) >= 11 is 0. The van der Waals surface area contributed by atoms with Crippen molar-refractivity contribution in [1.82, 2.24) is 15.0 Å². The Bertz CT molecular complexity index is 570. The number of rotatable bonds is 5. The van der Waals surface area contributed by atoms with Crippen molar-refractivity contribution in [2.45, 2.75) is 26.9 Å². The SMILES string of the molecule is CCOc1ccc(-c2nc(N)nc(OC(C)C)n2)cc1. The zero-order valence-corrected chi connectivity index (χ0v) is 11.8. The molecule has 2 rings (SSSR count). The van der Waals surface area contributed by atoms with E-state index in [9.17, 15) is 0 Å². The molecule has 20 heavy (non-hydrogen) atoms. The van der Waals surface area contributed by atoms with E-state index in [0.717, 1.165) is 11.3 Å². The fraction of sp³-hybridized carbons (Fsp3) is 0.357. The number of anilines is 1. The Morgan fingerprint density at radius 2 is 1.80 bits per heavy atom. The van der Waals surface area contributed by atoms with Crippen molar-refractivity contribution in [1.29, 1.82) is 0 Å². The standard InChI is InChI=1S/C14H18N4O2/c1-4-19-11-7-5-10(6-8-11)12-16-13(15)18-14(17-12)20-9(2)3/h5-9H,4H2,1-3H3,(H2,15,16,17,18). The van der Waals surface area contributed by atoms with Crippen LogP contribution in [0.15, 0.2) is 24.3 Å².